The molecule has 0 aliphatic heterocycles. The summed E-state index contributed by atoms with van der Waals surface area (Å²) < 4.78 is 1.31. The van der Waals surface area contributed by atoms with E-state index in [-0.39, 0.29) is 17.8 Å². The summed E-state index contributed by atoms with van der Waals surface area (Å²) in [4.78, 5) is 25.9. The molecule has 1 aromatic heterocycles. The summed E-state index contributed by atoms with van der Waals surface area (Å²) in [7, 11) is 0. The molecule has 0 atom stereocenters. The number of anilines is 1. The summed E-state index contributed by atoms with van der Waals surface area (Å²) in [5.74, 6) is -0.499. The number of nitrogens with one attached hydrogen (secondary N) is 1. The predicted molar refractivity (Wildman–Crippen MR) is 122 cm³/mol. The lowest BCUT2D eigenvalue weighted by molar-refractivity contribution is 0.0949. The standard InChI is InChI=1S/C24H21N5O2/c1-16(18-10-7-11-19(25)14-18)26-27-23(30)22-20-12-5-6-13-21(20)24(31)29(28-22)15-17-8-3-2-4-9-17/h2-14H,15,25H2,1H3,(H,27,30)/b26-16-. The SMILES string of the molecule is C/C(=N/NC(=O)c1nn(Cc2ccccc2)c(=O)c2ccccc12)c1cccc(N)c1. The van der Waals surface area contributed by atoms with Gasteiger partial charge in [0.15, 0.2) is 5.69 Å². The van der Waals surface area contributed by atoms with Crippen LogP contribution in [0.5, 0.6) is 0 Å². The number of carbonyl (C=O) groups excluding carboxylic acids is 1. The Morgan fingerprint density at radius 3 is 2.45 bits per heavy atom. The first-order valence-electron chi connectivity index (χ1n) is 9.77. The van der Waals surface area contributed by atoms with Crippen LogP contribution in [0.4, 0.5) is 5.69 Å². The van der Waals surface area contributed by atoms with Crippen molar-refractivity contribution in [3.63, 3.8) is 0 Å². The molecule has 3 aromatic carbocycles. The molecule has 7 nitrogen and oxygen atoms in total. The topological polar surface area (TPSA) is 102 Å². The Morgan fingerprint density at radius 2 is 1.71 bits per heavy atom. The second kappa shape index (κ2) is 8.62. The van der Waals surface area contributed by atoms with E-state index >= 15 is 0 Å². The number of hydrazone groups is 1. The predicted octanol–water partition coefficient (Wildman–Crippen LogP) is 3.18. The van der Waals surface area contributed by atoms with E-state index in [1.807, 2.05) is 42.5 Å². The van der Waals surface area contributed by atoms with Crippen LogP contribution in [0.3, 0.4) is 0 Å². The highest BCUT2D eigenvalue weighted by molar-refractivity contribution is 6.06. The van der Waals surface area contributed by atoms with Gasteiger partial charge >= 0.3 is 0 Å². The van der Waals surface area contributed by atoms with Crippen LogP contribution in [-0.2, 0) is 6.54 Å². The lowest BCUT2D eigenvalue weighted by Crippen LogP contribution is -2.29. The molecular formula is C24H21N5O2. The third-order valence-corrected chi connectivity index (χ3v) is 4.89. The number of rotatable bonds is 5. The maximum atomic E-state index is 13.0. The van der Waals surface area contributed by atoms with Gasteiger partial charge in [-0.05, 0) is 36.2 Å². The van der Waals surface area contributed by atoms with E-state index in [0.717, 1.165) is 11.1 Å². The summed E-state index contributed by atoms with van der Waals surface area (Å²) >= 11 is 0. The molecule has 0 bridgehead atoms. The van der Waals surface area contributed by atoms with E-state index in [1.54, 1.807) is 43.3 Å². The first-order valence-corrected chi connectivity index (χ1v) is 9.77. The van der Waals surface area contributed by atoms with E-state index in [9.17, 15) is 9.59 Å². The summed E-state index contributed by atoms with van der Waals surface area (Å²) in [6, 6.07) is 23.7. The number of hydrogen-bond donors (Lipinski definition) is 2. The lowest BCUT2D eigenvalue weighted by Gasteiger charge is -2.10. The van der Waals surface area contributed by atoms with Gasteiger partial charge in [0, 0.05) is 11.1 Å². The average molecular weight is 411 g/mol. The molecule has 0 saturated heterocycles. The molecule has 1 heterocycles. The van der Waals surface area contributed by atoms with Gasteiger partial charge in [0.05, 0.1) is 17.6 Å². The maximum absolute atomic E-state index is 13.0. The fraction of sp³-hybridized carbons (Fsp3) is 0.0833. The van der Waals surface area contributed by atoms with Crippen molar-refractivity contribution in [2.24, 2.45) is 5.10 Å². The Morgan fingerprint density at radius 1 is 1.00 bits per heavy atom. The smallest absolute Gasteiger partial charge is 0.292 e. The van der Waals surface area contributed by atoms with Gasteiger partial charge in [-0.1, -0.05) is 60.7 Å². The van der Waals surface area contributed by atoms with Gasteiger partial charge in [0.25, 0.3) is 11.5 Å². The molecule has 4 aromatic rings. The van der Waals surface area contributed by atoms with Crippen LogP contribution in [0.1, 0.15) is 28.5 Å². The van der Waals surface area contributed by atoms with Gasteiger partial charge in [-0.25, -0.2) is 10.1 Å². The monoisotopic (exact) mass is 411 g/mol. The van der Waals surface area contributed by atoms with Crippen molar-refractivity contribution in [1.82, 2.24) is 15.2 Å². The summed E-state index contributed by atoms with van der Waals surface area (Å²) in [6.07, 6.45) is 0. The van der Waals surface area contributed by atoms with Gasteiger partial charge < -0.3 is 5.73 Å². The van der Waals surface area contributed by atoms with Crippen LogP contribution < -0.4 is 16.7 Å². The Bertz CT molecular complexity index is 1340. The molecule has 0 spiro atoms. The van der Waals surface area contributed by atoms with E-state index < -0.39 is 5.91 Å². The van der Waals surface area contributed by atoms with Crippen LogP contribution >= 0.6 is 0 Å². The van der Waals surface area contributed by atoms with Crippen molar-refractivity contribution >= 4 is 28.1 Å². The van der Waals surface area contributed by atoms with Crippen molar-refractivity contribution in [2.75, 3.05) is 5.73 Å². The van der Waals surface area contributed by atoms with Crippen molar-refractivity contribution < 1.29 is 4.79 Å². The molecule has 0 aliphatic carbocycles. The zero-order valence-corrected chi connectivity index (χ0v) is 16.9. The zero-order chi connectivity index (χ0) is 21.8. The molecule has 3 N–H and O–H groups in total. The van der Waals surface area contributed by atoms with E-state index in [1.165, 1.54) is 4.68 Å². The van der Waals surface area contributed by atoms with Crippen LogP contribution in [0, 0.1) is 0 Å². The lowest BCUT2D eigenvalue weighted by atomic mass is 10.1. The second-order valence-electron chi connectivity index (χ2n) is 7.11. The van der Waals surface area contributed by atoms with Crippen molar-refractivity contribution in [3.05, 3.63) is 106 Å². The number of hydrogen-bond acceptors (Lipinski definition) is 5. The zero-order valence-electron chi connectivity index (χ0n) is 16.9. The van der Waals surface area contributed by atoms with Crippen molar-refractivity contribution in [3.8, 4) is 0 Å². The number of fused-ring (bicyclic) bond motifs is 1. The van der Waals surface area contributed by atoms with E-state index in [4.69, 9.17) is 5.73 Å². The quantitative estimate of drug-likeness (QED) is 0.299. The van der Waals surface area contributed by atoms with Crippen molar-refractivity contribution in [2.45, 2.75) is 13.5 Å². The number of nitrogens with two attached hydrogens (primary N) is 1. The molecule has 4 rings (SSSR count). The molecule has 1 amide bonds. The van der Waals surface area contributed by atoms with Crippen LogP contribution in [0.2, 0.25) is 0 Å². The minimum absolute atomic E-state index is 0.134. The highest BCUT2D eigenvalue weighted by atomic mass is 16.2. The van der Waals surface area contributed by atoms with Crippen LogP contribution in [-0.4, -0.2) is 21.4 Å². The Kier molecular flexibility index (Phi) is 5.57. The molecular weight excluding hydrogens is 390 g/mol. The van der Waals surface area contributed by atoms with Gasteiger partial charge in [-0.3, -0.25) is 9.59 Å². The maximum Gasteiger partial charge on any atom is 0.292 e. The van der Waals surface area contributed by atoms with Gasteiger partial charge in [-0.15, -0.1) is 0 Å². The number of benzene rings is 3. The second-order valence-corrected chi connectivity index (χ2v) is 7.11. The molecule has 0 saturated carbocycles. The highest BCUT2D eigenvalue weighted by Crippen LogP contribution is 2.14. The first-order chi connectivity index (χ1) is 15.0. The Balaban J connectivity index is 1.70. The minimum Gasteiger partial charge on any atom is -0.399 e. The highest BCUT2D eigenvalue weighted by Gasteiger charge is 2.16. The van der Waals surface area contributed by atoms with Crippen LogP contribution in [0.25, 0.3) is 10.8 Å². The van der Waals surface area contributed by atoms with E-state index in [2.05, 4.69) is 15.6 Å². The largest absolute Gasteiger partial charge is 0.399 e. The Hall–Kier alpha value is -4.26. The molecule has 7 heteroatoms. The molecule has 0 unspecified atom stereocenters. The molecule has 0 radical (unpaired) electrons. The fourth-order valence-corrected chi connectivity index (χ4v) is 3.28. The van der Waals surface area contributed by atoms with Gasteiger partial charge in [0.2, 0.25) is 0 Å². The van der Waals surface area contributed by atoms with Gasteiger partial charge in [0.1, 0.15) is 0 Å². The average Bonchev–Trinajstić information content (AvgIpc) is 2.80. The number of carbonyl (C=O) groups is 1. The van der Waals surface area contributed by atoms with Gasteiger partial charge in [-0.2, -0.15) is 10.2 Å². The number of amides is 1. The number of nitrogens with zero attached hydrogens (tertiary/aromatic N) is 3. The number of nitrogen functional groups attached to an aromatic ring is 1. The first kappa shape index (κ1) is 20.0. The summed E-state index contributed by atoms with van der Waals surface area (Å²) in [5.41, 5.74) is 11.2. The molecule has 0 aliphatic rings. The molecule has 154 valence electrons. The minimum atomic E-state index is -0.499. The normalized spacial score (nSPS) is 11.5. The van der Waals surface area contributed by atoms with Crippen LogP contribution in [0.15, 0.2) is 88.8 Å². The summed E-state index contributed by atoms with van der Waals surface area (Å²) in [5, 5.41) is 9.46. The van der Waals surface area contributed by atoms with Crippen molar-refractivity contribution in [1.29, 1.82) is 0 Å². The third-order valence-electron chi connectivity index (χ3n) is 4.89. The number of aromatic nitrogens is 2. The fourth-order valence-electron chi connectivity index (χ4n) is 3.28. The van der Waals surface area contributed by atoms with E-state index in [0.29, 0.717) is 22.2 Å². The third kappa shape index (κ3) is 4.35. The Labute approximate surface area is 178 Å². The summed E-state index contributed by atoms with van der Waals surface area (Å²) in [6.45, 7) is 2.04. The molecule has 31 heavy (non-hydrogen) atoms. The molecule has 0 fully saturated rings.